The summed E-state index contributed by atoms with van der Waals surface area (Å²) in [5.41, 5.74) is 0. The van der Waals surface area contributed by atoms with E-state index in [1.165, 1.54) is 6.92 Å². The third-order valence-corrected chi connectivity index (χ3v) is 3.23. The average Bonchev–Trinajstić information content (AvgIpc) is 2.51. The second-order valence-electron chi connectivity index (χ2n) is 2.93. The van der Waals surface area contributed by atoms with Crippen molar-refractivity contribution >= 4 is 7.82 Å². The predicted molar refractivity (Wildman–Crippen MR) is 52.3 cm³/mol. The van der Waals surface area contributed by atoms with Gasteiger partial charge >= 0.3 is 7.82 Å². The van der Waals surface area contributed by atoms with Gasteiger partial charge in [-0.05, 0) is 13.8 Å². The van der Waals surface area contributed by atoms with Crippen LogP contribution in [0.3, 0.4) is 0 Å². The summed E-state index contributed by atoms with van der Waals surface area (Å²) in [5, 5.41) is 0. The fraction of sp³-hybridized carbons (Fsp3) is 1.00. The van der Waals surface area contributed by atoms with Crippen LogP contribution in [0.25, 0.3) is 0 Å². The van der Waals surface area contributed by atoms with Crippen molar-refractivity contribution in [2.24, 2.45) is 0 Å². The van der Waals surface area contributed by atoms with Gasteiger partial charge in [0.05, 0.1) is 13.2 Å². The molecule has 90 valence electrons. The third kappa shape index (κ3) is 3.83. The van der Waals surface area contributed by atoms with Gasteiger partial charge in [-0.15, -0.1) is 0 Å². The summed E-state index contributed by atoms with van der Waals surface area (Å²) < 4.78 is 37.1. The zero-order valence-electron chi connectivity index (χ0n) is 9.23. The molecule has 0 spiro atoms. The molecule has 0 unspecified atom stereocenters. The van der Waals surface area contributed by atoms with E-state index < -0.39 is 13.8 Å². The summed E-state index contributed by atoms with van der Waals surface area (Å²) in [4.78, 5) is 0. The highest BCUT2D eigenvalue weighted by Crippen LogP contribution is 2.55. The fourth-order valence-electron chi connectivity index (χ4n) is 1.21. The van der Waals surface area contributed by atoms with E-state index in [0.717, 1.165) is 0 Å². The maximum atomic E-state index is 11.8. The van der Waals surface area contributed by atoms with Gasteiger partial charge in [-0.2, -0.15) is 0 Å². The molecule has 7 heteroatoms. The smallest absolute Gasteiger partial charge is 0.328 e. The van der Waals surface area contributed by atoms with Crippen LogP contribution in [0, 0.1) is 0 Å². The van der Waals surface area contributed by atoms with Gasteiger partial charge in [-0.25, -0.2) is 9.09 Å². The molecule has 15 heavy (non-hydrogen) atoms. The van der Waals surface area contributed by atoms with Crippen LogP contribution in [-0.2, 0) is 27.6 Å². The minimum Gasteiger partial charge on any atom is -0.328 e. The van der Waals surface area contributed by atoms with Crippen molar-refractivity contribution in [3.63, 3.8) is 0 Å². The van der Waals surface area contributed by atoms with Crippen LogP contribution < -0.4 is 0 Å². The summed E-state index contributed by atoms with van der Waals surface area (Å²) in [6, 6.07) is 0. The minimum absolute atomic E-state index is 0.256. The van der Waals surface area contributed by atoms with Crippen LogP contribution in [0.1, 0.15) is 20.8 Å². The monoisotopic (exact) mass is 240 g/mol. The van der Waals surface area contributed by atoms with Crippen molar-refractivity contribution in [2.75, 3.05) is 26.4 Å². The molecule has 0 amide bonds. The van der Waals surface area contributed by atoms with Gasteiger partial charge < -0.3 is 9.47 Å². The molecule has 0 bridgehead atoms. The summed E-state index contributed by atoms with van der Waals surface area (Å²) in [6.07, 6.45) is 0. The molecule has 0 atom stereocenters. The highest BCUT2D eigenvalue weighted by molar-refractivity contribution is 7.48. The van der Waals surface area contributed by atoms with E-state index in [9.17, 15) is 4.57 Å². The fourth-order valence-corrected chi connectivity index (χ4v) is 2.50. The van der Waals surface area contributed by atoms with Crippen LogP contribution in [0.15, 0.2) is 0 Å². The van der Waals surface area contributed by atoms with E-state index in [1.807, 2.05) is 0 Å². The number of phosphoric acid groups is 1. The van der Waals surface area contributed by atoms with E-state index in [2.05, 4.69) is 0 Å². The van der Waals surface area contributed by atoms with Gasteiger partial charge in [-0.3, -0.25) is 9.05 Å². The van der Waals surface area contributed by atoms with Gasteiger partial charge in [0, 0.05) is 20.1 Å². The van der Waals surface area contributed by atoms with E-state index in [1.54, 1.807) is 13.8 Å². The first kappa shape index (κ1) is 13.1. The zero-order valence-corrected chi connectivity index (χ0v) is 10.1. The molecule has 0 saturated carbocycles. The van der Waals surface area contributed by atoms with Crippen LogP contribution in [0.2, 0.25) is 0 Å². The molecule has 0 aliphatic carbocycles. The Kier molecular flexibility index (Phi) is 4.70. The number of rotatable bonds is 6. The van der Waals surface area contributed by atoms with Gasteiger partial charge in [0.15, 0.2) is 0 Å². The number of hydrogen-bond donors (Lipinski definition) is 0. The maximum absolute atomic E-state index is 11.8. The van der Waals surface area contributed by atoms with E-state index in [-0.39, 0.29) is 13.2 Å². The summed E-state index contributed by atoms with van der Waals surface area (Å²) in [5.74, 6) is -1.39. The summed E-state index contributed by atoms with van der Waals surface area (Å²) in [7, 11) is -3.50. The first-order valence-corrected chi connectivity index (χ1v) is 6.37. The molecule has 1 heterocycles. The lowest BCUT2D eigenvalue weighted by atomic mass is 10.6. The quantitative estimate of drug-likeness (QED) is 0.522. The molecule has 0 radical (unpaired) electrons. The molecule has 1 saturated heterocycles. The van der Waals surface area contributed by atoms with Crippen LogP contribution in [-0.4, -0.2) is 32.4 Å². The van der Waals surface area contributed by atoms with Crippen molar-refractivity contribution in [1.29, 1.82) is 0 Å². The molecule has 1 rings (SSSR count). The third-order valence-electron chi connectivity index (χ3n) is 1.67. The van der Waals surface area contributed by atoms with Crippen molar-refractivity contribution in [3.8, 4) is 0 Å². The van der Waals surface area contributed by atoms with Crippen molar-refractivity contribution in [3.05, 3.63) is 0 Å². The van der Waals surface area contributed by atoms with Crippen LogP contribution >= 0.6 is 7.82 Å². The average molecular weight is 240 g/mol. The second kappa shape index (κ2) is 5.39. The largest absolute Gasteiger partial charge is 0.479 e. The standard InChI is InChI=1S/C8H17O6P/c1-4-10-8(3,11-5-2)14-15(9)12-6-7-13-15/h4-7H2,1-3H3. The molecule has 0 aromatic rings. The Bertz CT molecular complexity index is 227. The highest BCUT2D eigenvalue weighted by atomic mass is 31.2. The van der Waals surface area contributed by atoms with Gasteiger partial charge in [0.25, 0.3) is 5.97 Å². The Morgan fingerprint density at radius 3 is 2.07 bits per heavy atom. The number of phosphoric ester groups is 1. The minimum atomic E-state index is -3.50. The molecule has 0 N–H and O–H groups in total. The molecule has 1 fully saturated rings. The Hall–Kier alpha value is 0.0300. The highest BCUT2D eigenvalue weighted by Gasteiger charge is 2.42. The molecule has 0 aromatic heterocycles. The van der Waals surface area contributed by atoms with Gasteiger partial charge in [0.2, 0.25) is 0 Å². The number of hydrogen-bond acceptors (Lipinski definition) is 6. The SMILES string of the molecule is CCOC(C)(OCC)OP1(=O)OCCO1. The van der Waals surface area contributed by atoms with Crippen LogP contribution in [0.4, 0.5) is 0 Å². The lowest BCUT2D eigenvalue weighted by Crippen LogP contribution is -2.34. The molecule has 1 aliphatic heterocycles. The first-order chi connectivity index (χ1) is 7.04. The number of ether oxygens (including phenoxy) is 2. The second-order valence-corrected chi connectivity index (χ2v) is 4.53. The van der Waals surface area contributed by atoms with Crippen LogP contribution in [0.5, 0.6) is 0 Å². The lowest BCUT2D eigenvalue weighted by Gasteiger charge is -2.29. The Morgan fingerprint density at radius 1 is 1.20 bits per heavy atom. The molecular weight excluding hydrogens is 223 g/mol. The van der Waals surface area contributed by atoms with Gasteiger partial charge in [0.1, 0.15) is 0 Å². The molecule has 1 aliphatic rings. The summed E-state index contributed by atoms with van der Waals surface area (Å²) >= 11 is 0. The predicted octanol–water partition coefficient (Wildman–Crippen LogP) is 1.90. The summed E-state index contributed by atoms with van der Waals surface area (Å²) in [6.45, 7) is 6.36. The molecule has 0 aromatic carbocycles. The maximum Gasteiger partial charge on any atom is 0.479 e. The van der Waals surface area contributed by atoms with Crippen molar-refractivity contribution in [2.45, 2.75) is 26.7 Å². The van der Waals surface area contributed by atoms with E-state index >= 15 is 0 Å². The Labute approximate surface area is 89.4 Å². The first-order valence-electron chi connectivity index (χ1n) is 4.91. The molecule has 6 nitrogen and oxygen atoms in total. The normalized spacial score (nSPS) is 20.7. The Balaban J connectivity index is 2.60. The van der Waals surface area contributed by atoms with E-state index in [4.69, 9.17) is 23.0 Å². The van der Waals surface area contributed by atoms with E-state index in [0.29, 0.717) is 13.2 Å². The molecular formula is C8H17O6P. The Morgan fingerprint density at radius 2 is 1.67 bits per heavy atom. The van der Waals surface area contributed by atoms with Gasteiger partial charge in [-0.1, -0.05) is 0 Å². The zero-order chi connectivity index (χ0) is 11.4. The van der Waals surface area contributed by atoms with Crippen molar-refractivity contribution in [1.82, 2.24) is 0 Å². The lowest BCUT2D eigenvalue weighted by molar-refractivity contribution is -0.333. The van der Waals surface area contributed by atoms with Crippen molar-refractivity contribution < 1.29 is 27.6 Å². The topological polar surface area (TPSA) is 63.2 Å².